The molecule has 4 rings (SSSR count). The lowest BCUT2D eigenvalue weighted by molar-refractivity contribution is -0.157. The Morgan fingerprint density at radius 1 is 1.06 bits per heavy atom. The molecule has 2 fully saturated rings. The van der Waals surface area contributed by atoms with E-state index in [1.807, 2.05) is 0 Å². The van der Waals surface area contributed by atoms with E-state index in [1.165, 1.54) is 4.90 Å². The van der Waals surface area contributed by atoms with E-state index in [-0.39, 0.29) is 17.9 Å². The zero-order valence-corrected chi connectivity index (χ0v) is 17.1. The van der Waals surface area contributed by atoms with Crippen LogP contribution in [0.2, 0.25) is 0 Å². The Morgan fingerprint density at radius 3 is 2.29 bits per heavy atom. The summed E-state index contributed by atoms with van der Waals surface area (Å²) in [6.45, 7) is -0.264. The number of aliphatic hydroxyl groups is 1. The number of hydrogen-bond donors (Lipinski definition) is 3. The quantitative estimate of drug-likeness (QED) is 0.349. The first-order valence-corrected chi connectivity index (χ1v) is 10.7. The number of rotatable bonds is 6. The number of ketones is 1. The fourth-order valence-corrected chi connectivity index (χ4v) is 5.36. The first-order valence-electron chi connectivity index (χ1n) is 9.64. The Kier molecular flexibility index (Phi) is 5.55. The van der Waals surface area contributed by atoms with Crippen molar-refractivity contribution in [3.63, 3.8) is 0 Å². The summed E-state index contributed by atoms with van der Waals surface area (Å²) in [6, 6.07) is 15.6. The van der Waals surface area contributed by atoms with Gasteiger partial charge in [0.2, 0.25) is 5.91 Å². The minimum atomic E-state index is -1.75. The molecular weight excluding hydrogens is 420 g/mol. The van der Waals surface area contributed by atoms with Crippen molar-refractivity contribution in [1.82, 2.24) is 10.2 Å². The molecule has 0 spiro atoms. The molecule has 0 radical (unpaired) electrons. The maximum absolute atomic E-state index is 13.0. The summed E-state index contributed by atoms with van der Waals surface area (Å²) in [7, 11) is 0. The first kappa shape index (κ1) is 21.1. The van der Waals surface area contributed by atoms with Crippen LogP contribution in [0.15, 0.2) is 60.7 Å². The highest BCUT2D eigenvalue weighted by atomic mass is 32.2. The zero-order valence-electron chi connectivity index (χ0n) is 16.3. The average molecular weight is 440 g/mol. The summed E-state index contributed by atoms with van der Waals surface area (Å²) < 4.78 is 0. The Hall–Kier alpha value is -3.17. The second kappa shape index (κ2) is 8.16. The van der Waals surface area contributed by atoms with E-state index >= 15 is 0 Å². The van der Waals surface area contributed by atoms with Gasteiger partial charge in [-0.05, 0) is 5.56 Å². The number of β-lactam (4-membered cyclic amide) rings is 1. The van der Waals surface area contributed by atoms with Gasteiger partial charge in [0.1, 0.15) is 11.4 Å². The maximum Gasteiger partial charge on any atom is 0.320 e. The van der Waals surface area contributed by atoms with Gasteiger partial charge in [0.15, 0.2) is 17.3 Å². The molecule has 2 heterocycles. The lowest BCUT2D eigenvalue weighted by Crippen LogP contribution is -2.74. The van der Waals surface area contributed by atoms with Crippen molar-refractivity contribution < 1.29 is 29.4 Å². The van der Waals surface area contributed by atoms with Gasteiger partial charge in [0, 0.05) is 17.9 Å². The number of carbonyl (C=O) groups excluding carboxylic acids is 3. The average Bonchev–Trinajstić information content (AvgIpc) is 2.81. The third-order valence-electron chi connectivity index (χ3n) is 5.62. The number of carbonyl (C=O) groups is 4. The van der Waals surface area contributed by atoms with E-state index in [0.717, 1.165) is 11.8 Å². The van der Waals surface area contributed by atoms with Crippen molar-refractivity contribution in [3.05, 3.63) is 71.8 Å². The predicted molar refractivity (Wildman–Crippen MR) is 112 cm³/mol. The second-order valence-corrected chi connectivity index (χ2v) is 8.65. The fourth-order valence-electron chi connectivity index (χ4n) is 3.82. The molecule has 8 nitrogen and oxygen atoms in total. The van der Waals surface area contributed by atoms with Crippen molar-refractivity contribution in [2.45, 2.75) is 17.5 Å². The highest BCUT2D eigenvalue weighted by Gasteiger charge is 2.60. The first-order chi connectivity index (χ1) is 14.8. The van der Waals surface area contributed by atoms with Crippen LogP contribution in [0.4, 0.5) is 0 Å². The van der Waals surface area contributed by atoms with Gasteiger partial charge in [0.25, 0.3) is 5.91 Å². The molecule has 9 heteroatoms. The van der Waals surface area contributed by atoms with Gasteiger partial charge in [-0.15, -0.1) is 11.8 Å². The molecule has 0 aromatic heterocycles. The van der Waals surface area contributed by atoms with Crippen LogP contribution in [0, 0.1) is 5.41 Å². The van der Waals surface area contributed by atoms with Gasteiger partial charge in [-0.3, -0.25) is 19.2 Å². The second-order valence-electron chi connectivity index (χ2n) is 7.55. The molecule has 2 amide bonds. The van der Waals surface area contributed by atoms with Gasteiger partial charge >= 0.3 is 5.97 Å². The number of nitrogens with zero attached hydrogens (tertiary/aromatic N) is 1. The van der Waals surface area contributed by atoms with E-state index < -0.39 is 46.5 Å². The van der Waals surface area contributed by atoms with Gasteiger partial charge < -0.3 is 20.4 Å². The lowest BCUT2D eigenvalue weighted by atomic mass is 9.80. The topological polar surface area (TPSA) is 124 Å². The summed E-state index contributed by atoms with van der Waals surface area (Å²) in [4.78, 5) is 51.5. The molecular formula is C22H20N2O6S. The predicted octanol–water partition coefficient (Wildman–Crippen LogP) is 1.07. The molecule has 2 aromatic carbocycles. The number of hydrogen-bond acceptors (Lipinski definition) is 6. The van der Waals surface area contributed by atoms with Crippen molar-refractivity contribution >= 4 is 35.3 Å². The van der Waals surface area contributed by atoms with Crippen LogP contribution in [0.5, 0.6) is 0 Å². The number of aliphatic hydroxyl groups excluding tert-OH is 1. The number of aliphatic carboxylic acids is 1. The van der Waals surface area contributed by atoms with Gasteiger partial charge in [-0.1, -0.05) is 60.7 Å². The summed E-state index contributed by atoms with van der Waals surface area (Å²) >= 11 is 1.14. The molecule has 160 valence electrons. The molecule has 3 N–H and O–H groups in total. The highest BCUT2D eigenvalue weighted by Crippen LogP contribution is 2.43. The molecule has 0 aliphatic carbocycles. The minimum Gasteiger partial charge on any atom is -0.480 e. The van der Waals surface area contributed by atoms with Gasteiger partial charge in [-0.25, -0.2) is 0 Å². The molecule has 4 atom stereocenters. The van der Waals surface area contributed by atoms with Crippen LogP contribution in [-0.2, 0) is 14.4 Å². The third-order valence-corrected chi connectivity index (χ3v) is 7.15. The zero-order chi connectivity index (χ0) is 22.2. The molecule has 0 saturated carbocycles. The minimum absolute atomic E-state index is 0.0296. The number of Topliss-reactive ketones (excluding diaryl/α,β-unsaturated/α-hetero) is 1. The van der Waals surface area contributed by atoms with Crippen LogP contribution < -0.4 is 5.32 Å². The largest absolute Gasteiger partial charge is 0.480 e. The summed E-state index contributed by atoms with van der Waals surface area (Å²) in [5.41, 5.74) is -1.08. The lowest BCUT2D eigenvalue weighted by Gasteiger charge is -2.53. The van der Waals surface area contributed by atoms with Crippen molar-refractivity contribution in [1.29, 1.82) is 0 Å². The van der Waals surface area contributed by atoms with Crippen LogP contribution in [0.25, 0.3) is 0 Å². The highest BCUT2D eigenvalue weighted by molar-refractivity contribution is 8.00. The third kappa shape index (κ3) is 3.60. The number of amides is 2. The van der Waals surface area contributed by atoms with E-state index in [9.17, 15) is 29.4 Å². The van der Waals surface area contributed by atoms with Crippen LogP contribution in [-0.4, -0.2) is 62.4 Å². The molecule has 2 saturated heterocycles. The molecule has 31 heavy (non-hydrogen) atoms. The molecule has 3 unspecified atom stereocenters. The van der Waals surface area contributed by atoms with Gasteiger partial charge in [-0.2, -0.15) is 0 Å². The van der Waals surface area contributed by atoms with E-state index in [0.29, 0.717) is 5.56 Å². The number of fused-ring (bicyclic) bond motifs is 1. The Bertz CT molecular complexity index is 1030. The monoisotopic (exact) mass is 440 g/mol. The van der Waals surface area contributed by atoms with Crippen molar-refractivity contribution in [2.75, 3.05) is 12.3 Å². The van der Waals surface area contributed by atoms with Gasteiger partial charge in [0.05, 0.1) is 0 Å². The Balaban J connectivity index is 1.47. The molecule has 2 aliphatic rings. The van der Waals surface area contributed by atoms with E-state index in [1.54, 1.807) is 60.7 Å². The van der Waals surface area contributed by atoms with Crippen LogP contribution >= 0.6 is 11.8 Å². The summed E-state index contributed by atoms with van der Waals surface area (Å²) in [6.07, 6.45) is -1.42. The number of benzene rings is 2. The van der Waals surface area contributed by atoms with Crippen molar-refractivity contribution in [3.8, 4) is 0 Å². The van der Waals surface area contributed by atoms with Crippen LogP contribution in [0.1, 0.15) is 22.0 Å². The fraction of sp³-hybridized carbons (Fsp3) is 0.273. The van der Waals surface area contributed by atoms with Crippen molar-refractivity contribution in [2.24, 2.45) is 5.41 Å². The number of carboxylic acids is 1. The standard InChI is InChI=1S/C22H20N2O6S/c25-16(13-7-3-1-4-8-13)18(27)23-15-19(28)24-11-22(21(29)30,12-31-20(15)24)17(26)14-9-5-2-6-10-14/h1-10,15-16,20,25H,11-12H2,(H,23,27)(H,29,30)/t15?,16?,20-,22?/m1/s1. The normalized spacial score (nSPS) is 25.7. The summed E-state index contributed by atoms with van der Waals surface area (Å²) in [5.74, 6) is -3.05. The van der Waals surface area contributed by atoms with E-state index in [2.05, 4.69) is 5.32 Å². The number of carboxylic acid groups (broad SMARTS) is 1. The Morgan fingerprint density at radius 2 is 1.68 bits per heavy atom. The van der Waals surface area contributed by atoms with Crippen LogP contribution in [0.3, 0.4) is 0 Å². The summed E-state index contributed by atoms with van der Waals surface area (Å²) in [5, 5.41) is 22.2. The number of thioether (sulfide) groups is 1. The molecule has 0 bridgehead atoms. The Labute approximate surface area is 182 Å². The SMILES string of the molecule is O=C(NC1C(=O)N2CC(C(=O)O)(C(=O)c3ccccc3)CS[C@H]12)C(O)c1ccccc1. The number of nitrogens with one attached hydrogen (secondary N) is 1. The molecule has 2 aromatic rings. The maximum atomic E-state index is 13.0. The van der Waals surface area contributed by atoms with E-state index in [4.69, 9.17) is 0 Å². The smallest absolute Gasteiger partial charge is 0.320 e. The molecule has 2 aliphatic heterocycles.